The number of nitrogens with one attached hydrogen (secondary N) is 1. The van der Waals surface area contributed by atoms with Crippen LogP contribution in [0.25, 0.3) is 16.9 Å². The molecule has 1 saturated heterocycles. The Labute approximate surface area is 188 Å². The first-order valence-corrected chi connectivity index (χ1v) is 10.8. The lowest BCUT2D eigenvalue weighted by molar-refractivity contribution is 0.0893. The molecule has 4 rings (SSSR count). The van der Waals surface area contributed by atoms with Crippen molar-refractivity contribution in [3.05, 3.63) is 71.4 Å². The lowest BCUT2D eigenvalue weighted by atomic mass is 10.0. The van der Waals surface area contributed by atoms with Crippen LogP contribution in [0.5, 0.6) is 0 Å². The molecule has 0 spiro atoms. The molecule has 1 N–H and O–H groups in total. The van der Waals surface area contributed by atoms with Crippen LogP contribution in [0.1, 0.15) is 34.3 Å². The Morgan fingerprint density at radius 1 is 1.03 bits per heavy atom. The van der Waals surface area contributed by atoms with E-state index in [0.717, 1.165) is 16.8 Å². The minimum atomic E-state index is -0.323. The normalized spacial score (nSPS) is 14.3. The summed E-state index contributed by atoms with van der Waals surface area (Å²) in [6.45, 7) is 5.24. The summed E-state index contributed by atoms with van der Waals surface area (Å²) >= 11 is 0. The summed E-state index contributed by atoms with van der Waals surface area (Å²) in [5.41, 5.74) is 5.34. The Morgan fingerprint density at radius 2 is 1.75 bits per heavy atom. The second kappa shape index (κ2) is 9.26. The van der Waals surface area contributed by atoms with E-state index in [4.69, 9.17) is 9.84 Å². The molecule has 0 aliphatic carbocycles. The van der Waals surface area contributed by atoms with E-state index in [2.05, 4.69) is 31.3 Å². The van der Waals surface area contributed by atoms with Crippen molar-refractivity contribution >= 4 is 12.0 Å². The molecule has 7 heteroatoms. The van der Waals surface area contributed by atoms with Gasteiger partial charge in [-0.3, -0.25) is 4.79 Å². The highest BCUT2D eigenvalue weighted by molar-refractivity contribution is 6.00. The number of methoxy groups -OCH3 is 1. The Bertz CT molecular complexity index is 1120. The van der Waals surface area contributed by atoms with Gasteiger partial charge in [0.1, 0.15) is 5.69 Å². The van der Waals surface area contributed by atoms with E-state index in [0.29, 0.717) is 37.2 Å². The first-order valence-electron chi connectivity index (χ1n) is 10.8. The van der Waals surface area contributed by atoms with Gasteiger partial charge in [0.25, 0.3) is 5.91 Å². The van der Waals surface area contributed by atoms with Gasteiger partial charge in [-0.15, -0.1) is 0 Å². The van der Waals surface area contributed by atoms with E-state index >= 15 is 0 Å². The summed E-state index contributed by atoms with van der Waals surface area (Å²) in [5.74, 6) is -0.156. The molecule has 2 amide bonds. The average molecular weight is 433 g/mol. The predicted molar refractivity (Wildman–Crippen MR) is 123 cm³/mol. The van der Waals surface area contributed by atoms with Gasteiger partial charge in [0.2, 0.25) is 0 Å². The number of aromatic nitrogens is 2. The molecule has 7 nitrogen and oxygen atoms in total. The maximum absolute atomic E-state index is 13.3. The lowest BCUT2D eigenvalue weighted by Gasteiger charge is -2.31. The van der Waals surface area contributed by atoms with Crippen molar-refractivity contribution in [2.24, 2.45) is 0 Å². The maximum atomic E-state index is 13.3. The summed E-state index contributed by atoms with van der Waals surface area (Å²) in [6, 6.07) is 15.9. The van der Waals surface area contributed by atoms with E-state index in [9.17, 15) is 9.59 Å². The van der Waals surface area contributed by atoms with Crippen molar-refractivity contribution in [1.29, 1.82) is 0 Å². The van der Waals surface area contributed by atoms with Crippen molar-refractivity contribution in [2.45, 2.75) is 32.7 Å². The zero-order valence-corrected chi connectivity index (χ0v) is 18.7. The first-order chi connectivity index (χ1) is 15.5. The number of ether oxygens (including phenoxy) is 1. The van der Waals surface area contributed by atoms with Gasteiger partial charge in [0, 0.05) is 30.9 Å². The summed E-state index contributed by atoms with van der Waals surface area (Å²) in [6.07, 6.45) is 2.84. The quantitative estimate of drug-likeness (QED) is 0.673. The third kappa shape index (κ3) is 4.51. The minimum absolute atomic E-state index is 0.00362. The number of benzene rings is 2. The van der Waals surface area contributed by atoms with Crippen LogP contribution < -0.4 is 5.32 Å². The van der Waals surface area contributed by atoms with Crippen LogP contribution in [-0.4, -0.2) is 52.9 Å². The Hall–Kier alpha value is -3.61. The van der Waals surface area contributed by atoms with Gasteiger partial charge in [-0.05, 0) is 56.0 Å². The molecule has 1 aliphatic heterocycles. The Kier molecular flexibility index (Phi) is 6.25. The zero-order chi connectivity index (χ0) is 22.7. The number of hydrogen-bond donors (Lipinski definition) is 1. The van der Waals surface area contributed by atoms with E-state index in [1.165, 1.54) is 12.7 Å². The van der Waals surface area contributed by atoms with Crippen molar-refractivity contribution in [1.82, 2.24) is 20.0 Å². The van der Waals surface area contributed by atoms with E-state index in [1.807, 2.05) is 36.4 Å². The van der Waals surface area contributed by atoms with Gasteiger partial charge >= 0.3 is 6.09 Å². The van der Waals surface area contributed by atoms with Crippen LogP contribution in [0.2, 0.25) is 0 Å². The molecule has 2 aromatic carbocycles. The minimum Gasteiger partial charge on any atom is -0.453 e. The van der Waals surface area contributed by atoms with Gasteiger partial charge < -0.3 is 15.0 Å². The molecule has 166 valence electrons. The SMILES string of the molecule is COC(=O)N1CCC(NC(=O)c2cn(-c3ccccc3)nc2-c2ccc(C)c(C)c2)CC1. The van der Waals surface area contributed by atoms with Crippen LogP contribution in [-0.2, 0) is 4.74 Å². The fraction of sp³-hybridized carbons (Fsp3) is 0.320. The first kappa shape index (κ1) is 21.6. The maximum Gasteiger partial charge on any atom is 0.409 e. The monoisotopic (exact) mass is 432 g/mol. The number of carbonyl (C=O) groups excluding carboxylic acids is 2. The molecule has 0 bridgehead atoms. The molecule has 0 atom stereocenters. The second-order valence-electron chi connectivity index (χ2n) is 8.18. The molecule has 1 aliphatic rings. The number of rotatable bonds is 4. The predicted octanol–water partition coefficient (Wildman–Crippen LogP) is 4.12. The average Bonchev–Trinajstić information content (AvgIpc) is 3.27. The largest absolute Gasteiger partial charge is 0.453 e. The van der Waals surface area contributed by atoms with Gasteiger partial charge in [0.15, 0.2) is 0 Å². The molecule has 0 radical (unpaired) electrons. The smallest absolute Gasteiger partial charge is 0.409 e. The molecule has 0 saturated carbocycles. The summed E-state index contributed by atoms with van der Waals surface area (Å²) in [4.78, 5) is 26.7. The highest BCUT2D eigenvalue weighted by Gasteiger charge is 2.26. The van der Waals surface area contributed by atoms with Crippen LogP contribution in [0.15, 0.2) is 54.7 Å². The van der Waals surface area contributed by atoms with E-state index in [-0.39, 0.29) is 18.0 Å². The van der Waals surface area contributed by atoms with Crippen molar-refractivity contribution in [3.63, 3.8) is 0 Å². The third-order valence-electron chi connectivity index (χ3n) is 6.02. The van der Waals surface area contributed by atoms with E-state index < -0.39 is 0 Å². The fourth-order valence-electron chi connectivity index (χ4n) is 3.95. The van der Waals surface area contributed by atoms with Gasteiger partial charge in [-0.2, -0.15) is 5.10 Å². The number of piperidine rings is 1. The topological polar surface area (TPSA) is 76.5 Å². The number of hydrogen-bond acceptors (Lipinski definition) is 4. The van der Waals surface area contributed by atoms with Gasteiger partial charge in [-0.1, -0.05) is 30.3 Å². The summed E-state index contributed by atoms with van der Waals surface area (Å²) < 4.78 is 6.54. The number of likely N-dealkylation sites (tertiary alicyclic amines) is 1. The number of amides is 2. The Morgan fingerprint density at radius 3 is 2.41 bits per heavy atom. The third-order valence-corrected chi connectivity index (χ3v) is 6.02. The molecule has 1 aromatic heterocycles. The van der Waals surface area contributed by atoms with Crippen molar-refractivity contribution < 1.29 is 14.3 Å². The van der Waals surface area contributed by atoms with Crippen LogP contribution in [0, 0.1) is 13.8 Å². The number of carbonyl (C=O) groups is 2. The second-order valence-corrected chi connectivity index (χ2v) is 8.18. The molecule has 2 heterocycles. The standard InChI is InChI=1S/C25H28N4O3/c1-17-9-10-19(15-18(17)2)23-22(16-29(27-23)21-7-5-4-6-8-21)24(30)26-20-11-13-28(14-12-20)25(31)32-3/h4-10,15-16,20H,11-14H2,1-3H3,(H,26,30). The van der Waals surface area contributed by atoms with Crippen molar-refractivity contribution in [2.75, 3.05) is 20.2 Å². The van der Waals surface area contributed by atoms with Crippen LogP contribution in [0.4, 0.5) is 4.79 Å². The fourth-order valence-corrected chi connectivity index (χ4v) is 3.95. The number of para-hydroxylation sites is 1. The van der Waals surface area contributed by atoms with Gasteiger partial charge in [-0.25, -0.2) is 9.48 Å². The van der Waals surface area contributed by atoms with Crippen molar-refractivity contribution in [3.8, 4) is 16.9 Å². The lowest BCUT2D eigenvalue weighted by Crippen LogP contribution is -2.46. The highest BCUT2D eigenvalue weighted by Crippen LogP contribution is 2.26. The summed E-state index contributed by atoms with van der Waals surface area (Å²) in [7, 11) is 1.38. The molecular formula is C25H28N4O3. The molecule has 3 aromatic rings. The highest BCUT2D eigenvalue weighted by atomic mass is 16.5. The Balaban J connectivity index is 1.60. The van der Waals surface area contributed by atoms with Crippen LogP contribution in [0.3, 0.4) is 0 Å². The summed E-state index contributed by atoms with van der Waals surface area (Å²) in [5, 5.41) is 7.91. The molecular weight excluding hydrogens is 404 g/mol. The molecule has 32 heavy (non-hydrogen) atoms. The van der Waals surface area contributed by atoms with Crippen LogP contribution >= 0.6 is 0 Å². The number of aryl methyl sites for hydroxylation is 2. The molecule has 0 unspecified atom stereocenters. The van der Waals surface area contributed by atoms with E-state index in [1.54, 1.807) is 15.8 Å². The van der Waals surface area contributed by atoms with Gasteiger partial charge in [0.05, 0.1) is 18.4 Å². The zero-order valence-electron chi connectivity index (χ0n) is 18.7. The molecule has 1 fully saturated rings. The number of nitrogens with zero attached hydrogens (tertiary/aromatic N) is 3.